The minimum Gasteiger partial charge on any atom is -0.491 e. The van der Waals surface area contributed by atoms with Crippen LogP contribution in [-0.2, 0) is 6.54 Å². The van der Waals surface area contributed by atoms with Gasteiger partial charge in [0.05, 0.1) is 29.3 Å². The predicted octanol–water partition coefficient (Wildman–Crippen LogP) is 3.69. The Morgan fingerprint density at radius 1 is 1.24 bits per heavy atom. The molecule has 1 fully saturated rings. The van der Waals surface area contributed by atoms with Gasteiger partial charge in [0.15, 0.2) is 0 Å². The van der Waals surface area contributed by atoms with Gasteiger partial charge in [-0.3, -0.25) is 19.9 Å². The number of fused-ring (bicyclic) bond motifs is 1. The molecular formula is C23H20FN5O4. The van der Waals surface area contributed by atoms with Crippen molar-refractivity contribution in [3.63, 3.8) is 0 Å². The number of amides is 1. The maximum atomic E-state index is 14.8. The van der Waals surface area contributed by atoms with E-state index in [-0.39, 0.29) is 42.5 Å². The van der Waals surface area contributed by atoms with Crippen molar-refractivity contribution in [3.05, 3.63) is 75.5 Å². The number of hydrogen-bond acceptors (Lipinski definition) is 7. The van der Waals surface area contributed by atoms with Crippen LogP contribution < -0.4 is 10.5 Å². The molecule has 2 aromatic heterocycles. The highest BCUT2D eigenvalue weighted by Crippen LogP contribution is 2.43. The molecule has 2 aliphatic rings. The van der Waals surface area contributed by atoms with Crippen LogP contribution in [0, 0.1) is 15.9 Å². The van der Waals surface area contributed by atoms with Crippen molar-refractivity contribution < 1.29 is 18.8 Å². The van der Waals surface area contributed by atoms with Crippen LogP contribution in [0.2, 0.25) is 0 Å². The summed E-state index contributed by atoms with van der Waals surface area (Å²) >= 11 is 0. The van der Waals surface area contributed by atoms with E-state index in [1.807, 2.05) is 0 Å². The van der Waals surface area contributed by atoms with Crippen LogP contribution in [0.25, 0.3) is 11.1 Å². The van der Waals surface area contributed by atoms with E-state index in [0.717, 1.165) is 18.4 Å². The topological polar surface area (TPSA) is 124 Å². The number of ether oxygens (including phenoxy) is 1. The molecule has 1 amide bonds. The Morgan fingerprint density at radius 3 is 2.76 bits per heavy atom. The van der Waals surface area contributed by atoms with Crippen LogP contribution in [0.5, 0.6) is 5.75 Å². The highest BCUT2D eigenvalue weighted by Gasteiger charge is 2.31. The molecule has 0 unspecified atom stereocenters. The summed E-state index contributed by atoms with van der Waals surface area (Å²) < 4.78 is 20.5. The summed E-state index contributed by atoms with van der Waals surface area (Å²) in [6.45, 7) is 0.667. The fourth-order valence-corrected chi connectivity index (χ4v) is 4.02. The summed E-state index contributed by atoms with van der Waals surface area (Å²) in [5.41, 5.74) is 7.53. The molecule has 0 saturated heterocycles. The molecule has 0 bridgehead atoms. The molecule has 9 nitrogen and oxygen atoms in total. The summed E-state index contributed by atoms with van der Waals surface area (Å²) in [6, 6.07) is 8.04. The second-order valence-electron chi connectivity index (χ2n) is 8.11. The SMILES string of the molecule is Nc1nccc(-c2ccc(CN3CCOc4cc(C5CC5)cc(F)c4C3=O)nc2)c1[N+](=O)[O-]. The van der Waals surface area contributed by atoms with Gasteiger partial charge in [0.25, 0.3) is 5.91 Å². The van der Waals surface area contributed by atoms with Crippen molar-refractivity contribution in [1.29, 1.82) is 0 Å². The van der Waals surface area contributed by atoms with Gasteiger partial charge in [-0.05, 0) is 48.6 Å². The van der Waals surface area contributed by atoms with Gasteiger partial charge in [-0.15, -0.1) is 0 Å². The van der Waals surface area contributed by atoms with E-state index >= 15 is 0 Å². The lowest BCUT2D eigenvalue weighted by Gasteiger charge is -2.20. The second-order valence-corrected chi connectivity index (χ2v) is 8.11. The van der Waals surface area contributed by atoms with E-state index in [2.05, 4.69) is 9.97 Å². The van der Waals surface area contributed by atoms with E-state index in [4.69, 9.17) is 10.5 Å². The summed E-state index contributed by atoms with van der Waals surface area (Å²) in [5, 5.41) is 11.4. The van der Waals surface area contributed by atoms with Gasteiger partial charge in [0.1, 0.15) is 23.7 Å². The number of pyridine rings is 2. The number of nitro groups is 1. The normalized spacial score (nSPS) is 15.5. The van der Waals surface area contributed by atoms with Gasteiger partial charge in [0.2, 0.25) is 5.82 Å². The third-order valence-electron chi connectivity index (χ3n) is 5.87. The number of nitrogens with two attached hydrogens (primary N) is 1. The van der Waals surface area contributed by atoms with E-state index in [1.165, 1.54) is 29.4 Å². The van der Waals surface area contributed by atoms with Crippen LogP contribution in [-0.4, -0.2) is 38.8 Å². The minimum atomic E-state index is -0.581. The van der Waals surface area contributed by atoms with Crippen molar-refractivity contribution in [2.45, 2.75) is 25.3 Å². The Kier molecular flexibility index (Phi) is 5.12. The number of halogens is 1. The first-order chi connectivity index (χ1) is 15.9. The molecule has 1 aromatic carbocycles. The number of benzene rings is 1. The van der Waals surface area contributed by atoms with Gasteiger partial charge >= 0.3 is 5.69 Å². The monoisotopic (exact) mass is 449 g/mol. The maximum absolute atomic E-state index is 14.8. The molecule has 1 aliphatic carbocycles. The quantitative estimate of drug-likeness (QED) is 0.465. The number of aromatic nitrogens is 2. The molecule has 3 heterocycles. The molecule has 0 spiro atoms. The van der Waals surface area contributed by atoms with E-state index in [1.54, 1.807) is 18.2 Å². The lowest BCUT2D eigenvalue weighted by Crippen LogP contribution is -2.32. The Labute approximate surface area is 188 Å². The third kappa shape index (κ3) is 3.95. The standard InChI is InChI=1S/C23H20FN5O4/c24-18-9-15(13-1-2-13)10-19-20(18)23(30)28(7-8-33-19)12-16-4-3-14(11-27-16)17-5-6-26-22(25)21(17)29(31)32/h3-6,9-11,13H,1-2,7-8,12H2,(H2,25,26). The first kappa shape index (κ1) is 20.8. The number of nitrogen functional groups attached to an aromatic ring is 1. The van der Waals surface area contributed by atoms with Gasteiger partial charge in [-0.2, -0.15) is 0 Å². The molecule has 10 heteroatoms. The summed E-state index contributed by atoms with van der Waals surface area (Å²) in [6.07, 6.45) is 4.92. The number of carbonyl (C=O) groups is 1. The van der Waals surface area contributed by atoms with Crippen molar-refractivity contribution in [2.24, 2.45) is 0 Å². The smallest absolute Gasteiger partial charge is 0.318 e. The minimum absolute atomic E-state index is 0.0589. The number of carbonyl (C=O) groups excluding carboxylic acids is 1. The fourth-order valence-electron chi connectivity index (χ4n) is 4.02. The number of hydrogen-bond donors (Lipinski definition) is 1. The molecule has 2 N–H and O–H groups in total. The summed E-state index contributed by atoms with van der Waals surface area (Å²) in [5.74, 6) is -0.572. The average molecular weight is 449 g/mol. The molecule has 168 valence electrons. The lowest BCUT2D eigenvalue weighted by molar-refractivity contribution is -0.383. The molecule has 1 aliphatic heterocycles. The Balaban J connectivity index is 1.39. The number of anilines is 1. The highest BCUT2D eigenvalue weighted by molar-refractivity contribution is 5.97. The van der Waals surface area contributed by atoms with E-state index < -0.39 is 16.6 Å². The van der Waals surface area contributed by atoms with Crippen LogP contribution >= 0.6 is 0 Å². The van der Waals surface area contributed by atoms with Gasteiger partial charge in [-0.1, -0.05) is 6.07 Å². The predicted molar refractivity (Wildman–Crippen MR) is 117 cm³/mol. The van der Waals surface area contributed by atoms with E-state index in [0.29, 0.717) is 22.7 Å². The zero-order valence-electron chi connectivity index (χ0n) is 17.5. The highest BCUT2D eigenvalue weighted by atomic mass is 19.1. The maximum Gasteiger partial charge on any atom is 0.318 e. The Hall–Kier alpha value is -4.08. The number of rotatable bonds is 5. The van der Waals surface area contributed by atoms with E-state index in [9.17, 15) is 19.3 Å². The largest absolute Gasteiger partial charge is 0.491 e. The molecule has 0 radical (unpaired) electrons. The first-order valence-corrected chi connectivity index (χ1v) is 10.5. The van der Waals surface area contributed by atoms with Gasteiger partial charge in [0, 0.05) is 18.0 Å². The van der Waals surface area contributed by atoms with Crippen LogP contribution in [0.4, 0.5) is 15.9 Å². The average Bonchev–Trinajstić information content (AvgIpc) is 3.64. The Morgan fingerprint density at radius 2 is 2.06 bits per heavy atom. The molecule has 33 heavy (non-hydrogen) atoms. The van der Waals surface area contributed by atoms with Gasteiger partial charge < -0.3 is 15.4 Å². The van der Waals surface area contributed by atoms with Crippen LogP contribution in [0.1, 0.15) is 40.4 Å². The van der Waals surface area contributed by atoms with Crippen molar-refractivity contribution in [2.75, 3.05) is 18.9 Å². The summed E-state index contributed by atoms with van der Waals surface area (Å²) in [4.78, 5) is 33.5. The Bertz CT molecular complexity index is 1260. The molecular weight excluding hydrogens is 429 g/mol. The van der Waals surface area contributed by atoms with Gasteiger partial charge in [-0.25, -0.2) is 9.37 Å². The van der Waals surface area contributed by atoms with Crippen LogP contribution in [0.3, 0.4) is 0 Å². The molecule has 1 saturated carbocycles. The number of nitrogens with zero attached hydrogens (tertiary/aromatic N) is 4. The summed E-state index contributed by atoms with van der Waals surface area (Å²) in [7, 11) is 0. The zero-order valence-corrected chi connectivity index (χ0v) is 17.5. The zero-order chi connectivity index (χ0) is 23.1. The molecule has 0 atom stereocenters. The molecule has 5 rings (SSSR count). The lowest BCUT2D eigenvalue weighted by atomic mass is 10.0. The first-order valence-electron chi connectivity index (χ1n) is 10.5. The van der Waals surface area contributed by atoms with Crippen molar-refractivity contribution in [1.82, 2.24) is 14.9 Å². The van der Waals surface area contributed by atoms with Crippen molar-refractivity contribution in [3.8, 4) is 16.9 Å². The molecule has 3 aromatic rings. The second kappa shape index (κ2) is 8.12. The third-order valence-corrected chi connectivity index (χ3v) is 5.87. The van der Waals surface area contributed by atoms with Crippen LogP contribution in [0.15, 0.2) is 42.7 Å². The fraction of sp³-hybridized carbons (Fsp3) is 0.261. The van der Waals surface area contributed by atoms with Crippen molar-refractivity contribution >= 4 is 17.4 Å².